The zero-order valence-corrected chi connectivity index (χ0v) is 17.4. The van der Waals surface area contributed by atoms with Gasteiger partial charge in [0.2, 0.25) is 0 Å². The van der Waals surface area contributed by atoms with E-state index in [-0.39, 0.29) is 15.6 Å². The molecule has 1 aliphatic heterocycles. The minimum absolute atomic E-state index is 0.0324. The van der Waals surface area contributed by atoms with Crippen molar-refractivity contribution in [3.63, 3.8) is 0 Å². The summed E-state index contributed by atoms with van der Waals surface area (Å²) in [5.41, 5.74) is -3.76. The molecule has 2 rings (SSSR count). The largest absolute Gasteiger partial charge is 0.481 e. The van der Waals surface area contributed by atoms with Crippen LogP contribution in [0.4, 0.5) is 8.78 Å². The molecule has 1 fully saturated rings. The molecule has 5 unspecified atom stereocenters. The quantitative estimate of drug-likeness (QED) is 0.630. The summed E-state index contributed by atoms with van der Waals surface area (Å²) < 4.78 is 27.9. The third-order valence-corrected chi connectivity index (χ3v) is 7.03. The van der Waals surface area contributed by atoms with Gasteiger partial charge in [-0.15, -0.1) is 0 Å². The third kappa shape index (κ3) is 3.08. The molecular formula is C19H23Cl2F2NO4. The number of alkyl halides is 2. The van der Waals surface area contributed by atoms with E-state index in [1.54, 1.807) is 13.8 Å². The van der Waals surface area contributed by atoms with Crippen molar-refractivity contribution >= 4 is 35.1 Å². The summed E-state index contributed by atoms with van der Waals surface area (Å²) >= 11 is 12.4. The lowest BCUT2D eigenvalue weighted by molar-refractivity contribution is -0.182. The maximum atomic E-state index is 13.9. The minimum Gasteiger partial charge on any atom is -0.481 e. The second-order valence-corrected chi connectivity index (χ2v) is 8.54. The van der Waals surface area contributed by atoms with Gasteiger partial charge in [-0.1, -0.05) is 49.2 Å². The molecule has 1 aromatic carbocycles. The van der Waals surface area contributed by atoms with Crippen molar-refractivity contribution in [3.8, 4) is 0 Å². The zero-order valence-electron chi connectivity index (χ0n) is 15.8. The van der Waals surface area contributed by atoms with Crippen molar-refractivity contribution in [2.45, 2.75) is 52.1 Å². The number of nitrogens with one attached hydrogen (secondary N) is 1. The van der Waals surface area contributed by atoms with Crippen molar-refractivity contribution in [1.82, 2.24) is 5.32 Å². The molecule has 1 saturated heterocycles. The topological polar surface area (TPSA) is 86.6 Å². The number of rotatable bonds is 5. The van der Waals surface area contributed by atoms with Crippen LogP contribution < -0.4 is 5.32 Å². The van der Waals surface area contributed by atoms with E-state index in [1.165, 1.54) is 25.1 Å². The van der Waals surface area contributed by atoms with Gasteiger partial charge in [-0.25, -0.2) is 8.78 Å². The molecule has 156 valence electrons. The average Bonchev–Trinajstić information content (AvgIpc) is 2.58. The maximum Gasteiger partial charge on any atom is 0.312 e. The predicted octanol–water partition coefficient (Wildman–Crippen LogP) is 4.52. The van der Waals surface area contributed by atoms with Gasteiger partial charge in [0.25, 0.3) is 6.43 Å². The first kappa shape index (κ1) is 22.8. The molecule has 5 nitrogen and oxygen atoms in total. The summed E-state index contributed by atoms with van der Waals surface area (Å²) in [6.07, 6.45) is -3.04. The van der Waals surface area contributed by atoms with Gasteiger partial charge < -0.3 is 15.5 Å². The first-order valence-electron chi connectivity index (χ1n) is 8.79. The molecule has 0 bridgehead atoms. The Morgan fingerprint density at radius 2 is 1.75 bits per heavy atom. The summed E-state index contributed by atoms with van der Waals surface area (Å²) in [5, 5.41) is 23.0. The van der Waals surface area contributed by atoms with E-state index in [0.29, 0.717) is 0 Å². The minimum atomic E-state index is -3.04. The Bertz CT molecular complexity index is 791. The molecule has 0 spiro atoms. The zero-order chi connectivity index (χ0) is 21.6. The molecular weight excluding hydrogens is 415 g/mol. The van der Waals surface area contributed by atoms with Crippen LogP contribution in [0, 0.1) is 16.7 Å². The van der Waals surface area contributed by atoms with Crippen molar-refractivity contribution in [2.24, 2.45) is 16.7 Å². The van der Waals surface area contributed by atoms with Gasteiger partial charge in [0.05, 0.1) is 26.9 Å². The number of piperidine rings is 1. The Kier molecular flexibility index (Phi) is 6.34. The van der Waals surface area contributed by atoms with Crippen LogP contribution in [0.25, 0.3) is 0 Å². The molecule has 0 amide bonds. The van der Waals surface area contributed by atoms with Crippen molar-refractivity contribution < 1.29 is 28.6 Å². The normalized spacial score (nSPS) is 33.3. The standard InChI is InChI=1S/C19H23Cl2F2NO4/c1-8(2)19(17(27)28)9(3)24-14(15(22)23)18(4,16(25)26)13(19)10-6-5-7-11(20)12(10)21/h5-9,13-15,24H,1-4H3,(H,25,26)(H,27,28). The van der Waals surface area contributed by atoms with Crippen LogP contribution in [-0.2, 0) is 9.59 Å². The van der Waals surface area contributed by atoms with E-state index in [2.05, 4.69) is 5.32 Å². The van der Waals surface area contributed by atoms with Gasteiger partial charge in [-0.2, -0.15) is 0 Å². The van der Waals surface area contributed by atoms with E-state index in [9.17, 15) is 28.6 Å². The molecule has 1 aromatic rings. The molecule has 9 heteroatoms. The number of benzene rings is 1. The molecule has 0 aromatic heterocycles. The lowest BCUT2D eigenvalue weighted by atomic mass is 9.49. The van der Waals surface area contributed by atoms with Gasteiger partial charge >= 0.3 is 11.9 Å². The van der Waals surface area contributed by atoms with Crippen LogP contribution in [0.3, 0.4) is 0 Å². The Morgan fingerprint density at radius 3 is 2.18 bits per heavy atom. The number of carboxylic acids is 2. The van der Waals surface area contributed by atoms with Gasteiger partial charge in [-0.3, -0.25) is 9.59 Å². The molecule has 28 heavy (non-hydrogen) atoms. The first-order chi connectivity index (χ1) is 12.8. The van der Waals surface area contributed by atoms with Crippen LogP contribution in [-0.4, -0.2) is 40.7 Å². The fraction of sp³-hybridized carbons (Fsp3) is 0.579. The molecule has 0 saturated carbocycles. The van der Waals surface area contributed by atoms with Crippen LogP contribution in [0.2, 0.25) is 10.0 Å². The number of aliphatic carboxylic acids is 2. The Labute approximate surface area is 172 Å². The number of hydrogen-bond acceptors (Lipinski definition) is 3. The fourth-order valence-electron chi connectivity index (χ4n) is 4.81. The third-order valence-electron chi connectivity index (χ3n) is 6.20. The summed E-state index contributed by atoms with van der Waals surface area (Å²) in [6.45, 7) is 5.88. The number of hydrogen-bond donors (Lipinski definition) is 3. The van der Waals surface area contributed by atoms with Crippen molar-refractivity contribution in [2.75, 3.05) is 0 Å². The van der Waals surface area contributed by atoms with Crippen LogP contribution >= 0.6 is 23.2 Å². The average molecular weight is 438 g/mol. The Hall–Kier alpha value is -1.44. The smallest absolute Gasteiger partial charge is 0.312 e. The van der Waals surface area contributed by atoms with Crippen LogP contribution in [0.1, 0.15) is 39.2 Å². The Morgan fingerprint density at radius 1 is 1.18 bits per heavy atom. The lowest BCUT2D eigenvalue weighted by Gasteiger charge is -2.58. The van der Waals surface area contributed by atoms with Gasteiger partial charge in [0.1, 0.15) is 0 Å². The lowest BCUT2D eigenvalue weighted by Crippen LogP contribution is -2.72. The highest BCUT2D eigenvalue weighted by Gasteiger charge is 2.69. The SMILES string of the molecule is CC(C)C1(C(=O)O)C(C)NC(C(F)F)C(C)(C(=O)O)C1c1cccc(Cl)c1Cl. The maximum absolute atomic E-state index is 13.9. The molecule has 1 heterocycles. The number of carbonyl (C=O) groups is 2. The first-order valence-corrected chi connectivity index (χ1v) is 9.54. The molecule has 5 atom stereocenters. The van der Waals surface area contributed by atoms with E-state index in [0.717, 1.165) is 6.92 Å². The highest BCUT2D eigenvalue weighted by Crippen LogP contribution is 2.60. The number of halogens is 4. The summed E-state index contributed by atoms with van der Waals surface area (Å²) in [4.78, 5) is 25.0. The van der Waals surface area contributed by atoms with Gasteiger partial charge in [0, 0.05) is 12.0 Å². The monoisotopic (exact) mass is 437 g/mol. The van der Waals surface area contributed by atoms with E-state index in [1.807, 2.05) is 0 Å². The predicted molar refractivity (Wildman–Crippen MR) is 102 cm³/mol. The van der Waals surface area contributed by atoms with Gasteiger partial charge in [-0.05, 0) is 31.4 Å². The van der Waals surface area contributed by atoms with Gasteiger partial charge in [0.15, 0.2) is 0 Å². The van der Waals surface area contributed by atoms with Crippen LogP contribution in [0.15, 0.2) is 18.2 Å². The second kappa shape index (κ2) is 7.76. The Balaban J connectivity index is 3.00. The summed E-state index contributed by atoms with van der Waals surface area (Å²) in [5.74, 6) is -4.80. The van der Waals surface area contributed by atoms with Crippen molar-refractivity contribution in [3.05, 3.63) is 33.8 Å². The van der Waals surface area contributed by atoms with E-state index < -0.39 is 53.1 Å². The fourth-order valence-corrected chi connectivity index (χ4v) is 5.23. The van der Waals surface area contributed by atoms with Crippen LogP contribution in [0.5, 0.6) is 0 Å². The number of carboxylic acid groups (broad SMARTS) is 2. The summed E-state index contributed by atoms with van der Waals surface area (Å²) in [6, 6.07) is 1.69. The highest BCUT2D eigenvalue weighted by atomic mass is 35.5. The highest BCUT2D eigenvalue weighted by molar-refractivity contribution is 6.42. The summed E-state index contributed by atoms with van der Waals surface area (Å²) in [7, 11) is 0. The van der Waals surface area contributed by atoms with Crippen molar-refractivity contribution in [1.29, 1.82) is 0 Å². The van der Waals surface area contributed by atoms with E-state index >= 15 is 0 Å². The van der Waals surface area contributed by atoms with E-state index in [4.69, 9.17) is 23.2 Å². The molecule has 0 aliphatic carbocycles. The second-order valence-electron chi connectivity index (χ2n) is 7.76. The molecule has 0 radical (unpaired) electrons. The molecule has 1 aliphatic rings. The molecule has 3 N–H and O–H groups in total.